The summed E-state index contributed by atoms with van der Waals surface area (Å²) in [4.78, 5) is 1.04. The summed E-state index contributed by atoms with van der Waals surface area (Å²) >= 11 is 1.39. The van der Waals surface area contributed by atoms with E-state index in [9.17, 15) is 13.2 Å². The molecule has 7 heteroatoms. The van der Waals surface area contributed by atoms with Crippen molar-refractivity contribution >= 4 is 33.8 Å². The zero-order chi connectivity index (χ0) is 16.5. The molecule has 2 aromatic rings. The number of rotatable bonds is 5. The van der Waals surface area contributed by atoms with Gasteiger partial charge >= 0.3 is 6.18 Å². The van der Waals surface area contributed by atoms with Crippen molar-refractivity contribution in [1.29, 1.82) is 0 Å². The average Bonchev–Trinajstić information content (AvgIpc) is 2.73. The predicted octanol–water partition coefficient (Wildman–Crippen LogP) is 4.68. The fourth-order valence-electron chi connectivity index (χ4n) is 2.51. The second kappa shape index (κ2) is 7.38. The van der Waals surface area contributed by atoms with Gasteiger partial charge in [0.25, 0.3) is 0 Å². The normalized spacial score (nSPS) is 14.6. The molecule has 1 heterocycles. The monoisotopic (exact) mass is 367 g/mol. The van der Waals surface area contributed by atoms with E-state index in [1.54, 1.807) is 13.0 Å². The van der Waals surface area contributed by atoms with Gasteiger partial charge in [-0.25, -0.2) is 0 Å². The Morgan fingerprint density at radius 2 is 1.91 bits per heavy atom. The van der Waals surface area contributed by atoms with Crippen molar-refractivity contribution in [2.24, 2.45) is 5.73 Å². The molecule has 0 aliphatic carbocycles. The van der Waals surface area contributed by atoms with Gasteiger partial charge in [-0.05, 0) is 56.2 Å². The van der Waals surface area contributed by atoms with Crippen LogP contribution < -0.4 is 5.73 Å². The Labute approximate surface area is 143 Å². The summed E-state index contributed by atoms with van der Waals surface area (Å²) < 4.78 is 39.0. The topological polar surface area (TPSA) is 46.2 Å². The van der Waals surface area contributed by atoms with Crippen LogP contribution in [0.1, 0.15) is 35.8 Å². The molecule has 0 saturated heterocycles. The molecule has 0 saturated carbocycles. The van der Waals surface area contributed by atoms with Crippen LogP contribution in [0.5, 0.6) is 0 Å². The molecular formula is C16H21ClF3NOS. The lowest BCUT2D eigenvalue weighted by Gasteiger charge is -2.21. The van der Waals surface area contributed by atoms with E-state index in [1.165, 1.54) is 17.4 Å². The van der Waals surface area contributed by atoms with E-state index in [2.05, 4.69) is 0 Å². The van der Waals surface area contributed by atoms with E-state index >= 15 is 0 Å². The van der Waals surface area contributed by atoms with E-state index in [-0.39, 0.29) is 19.0 Å². The van der Waals surface area contributed by atoms with Gasteiger partial charge in [-0.15, -0.1) is 23.7 Å². The van der Waals surface area contributed by atoms with Crippen molar-refractivity contribution in [3.05, 3.63) is 34.2 Å². The van der Waals surface area contributed by atoms with Crippen LogP contribution >= 0.6 is 23.7 Å². The first kappa shape index (κ1) is 20.2. The van der Waals surface area contributed by atoms with E-state index in [1.807, 2.05) is 6.92 Å². The molecule has 1 atom stereocenters. The van der Waals surface area contributed by atoms with E-state index in [0.717, 1.165) is 34.7 Å². The summed E-state index contributed by atoms with van der Waals surface area (Å²) in [6.07, 6.45) is -2.10. The molecule has 0 aliphatic heterocycles. The van der Waals surface area contributed by atoms with Crippen molar-refractivity contribution in [3.8, 4) is 0 Å². The molecule has 2 nitrogen and oxygen atoms in total. The van der Waals surface area contributed by atoms with E-state index in [0.29, 0.717) is 11.1 Å². The molecule has 2 rings (SSSR count). The number of hydrogen-bond donors (Lipinski definition) is 2. The molecule has 23 heavy (non-hydrogen) atoms. The molecule has 1 aromatic carbocycles. The molecule has 0 radical (unpaired) electrons. The van der Waals surface area contributed by atoms with Gasteiger partial charge in [-0.3, -0.25) is 0 Å². The van der Waals surface area contributed by atoms with Crippen LogP contribution in [0.15, 0.2) is 18.2 Å². The maximum Gasteiger partial charge on any atom is 0.416 e. The first-order valence-electron chi connectivity index (χ1n) is 7.13. The lowest BCUT2D eigenvalue weighted by molar-refractivity contribution is -0.137. The number of aliphatic hydroxyl groups excluding tert-OH is 1. The Kier molecular flexibility index (Phi) is 6.49. The fraction of sp³-hybridized carbons (Fsp3) is 0.500. The molecule has 0 bridgehead atoms. The van der Waals surface area contributed by atoms with Gasteiger partial charge in [0.05, 0.1) is 12.2 Å². The molecule has 0 spiro atoms. The van der Waals surface area contributed by atoms with E-state index in [4.69, 9.17) is 10.8 Å². The first-order chi connectivity index (χ1) is 10.1. The van der Waals surface area contributed by atoms with Crippen molar-refractivity contribution in [2.45, 2.75) is 44.8 Å². The number of aryl methyl sites for hydroxylation is 2. The van der Waals surface area contributed by atoms with Crippen LogP contribution in [0.3, 0.4) is 0 Å². The zero-order valence-electron chi connectivity index (χ0n) is 13.0. The highest BCUT2D eigenvalue weighted by Gasteiger charge is 2.30. The zero-order valence-corrected chi connectivity index (χ0v) is 14.7. The number of hydrogen-bond acceptors (Lipinski definition) is 3. The maximum atomic E-state index is 12.8. The van der Waals surface area contributed by atoms with E-state index < -0.39 is 17.3 Å². The van der Waals surface area contributed by atoms with Crippen LogP contribution in [0.4, 0.5) is 13.2 Å². The lowest BCUT2D eigenvalue weighted by atomic mass is 9.94. The van der Waals surface area contributed by atoms with Gasteiger partial charge in [0.2, 0.25) is 0 Å². The Balaban J connectivity index is 0.00000264. The number of benzene rings is 1. The molecule has 0 fully saturated rings. The van der Waals surface area contributed by atoms with Crippen LogP contribution in [0.2, 0.25) is 0 Å². The Morgan fingerprint density at radius 1 is 1.26 bits per heavy atom. The van der Waals surface area contributed by atoms with Crippen molar-refractivity contribution < 1.29 is 18.3 Å². The third-order valence-corrected chi connectivity index (χ3v) is 4.97. The quantitative estimate of drug-likeness (QED) is 0.805. The first-order valence-corrected chi connectivity index (χ1v) is 7.95. The molecular weight excluding hydrogens is 347 g/mol. The predicted molar refractivity (Wildman–Crippen MR) is 91.4 cm³/mol. The van der Waals surface area contributed by atoms with Crippen LogP contribution in [-0.2, 0) is 12.6 Å². The molecule has 0 aliphatic rings. The van der Waals surface area contributed by atoms with Crippen LogP contribution in [-0.4, -0.2) is 17.3 Å². The van der Waals surface area contributed by atoms with Gasteiger partial charge in [-0.2, -0.15) is 13.2 Å². The smallest absolute Gasteiger partial charge is 0.394 e. The van der Waals surface area contributed by atoms with Crippen LogP contribution in [0, 0.1) is 6.92 Å². The summed E-state index contributed by atoms with van der Waals surface area (Å²) in [5, 5.41) is 10.0. The summed E-state index contributed by atoms with van der Waals surface area (Å²) in [5.74, 6) is 0. The number of nitrogens with two attached hydrogens (primary N) is 1. The second-order valence-electron chi connectivity index (χ2n) is 6.01. The lowest BCUT2D eigenvalue weighted by Crippen LogP contribution is -2.40. The van der Waals surface area contributed by atoms with Crippen LogP contribution in [0.25, 0.3) is 10.1 Å². The fourth-order valence-corrected chi connectivity index (χ4v) is 3.66. The SMILES string of the molecule is Cc1sc2cc(C(F)(F)F)ccc2c1CCC[C@@](C)(N)CO.Cl. The highest BCUT2D eigenvalue weighted by Crippen LogP contribution is 2.37. The number of aliphatic hydroxyl groups is 1. The van der Waals surface area contributed by atoms with Gasteiger partial charge < -0.3 is 10.8 Å². The largest absolute Gasteiger partial charge is 0.416 e. The summed E-state index contributed by atoms with van der Waals surface area (Å²) in [7, 11) is 0. The van der Waals surface area contributed by atoms with Gasteiger partial charge in [0.15, 0.2) is 0 Å². The molecule has 0 unspecified atom stereocenters. The minimum atomic E-state index is -4.31. The minimum Gasteiger partial charge on any atom is -0.394 e. The maximum absolute atomic E-state index is 12.8. The summed E-state index contributed by atoms with van der Waals surface area (Å²) in [6.45, 7) is 3.65. The molecule has 130 valence electrons. The number of halogens is 4. The Morgan fingerprint density at radius 3 is 2.48 bits per heavy atom. The molecule has 0 amide bonds. The van der Waals surface area contributed by atoms with Gasteiger partial charge in [-0.1, -0.05) is 6.07 Å². The minimum absolute atomic E-state index is 0. The van der Waals surface area contributed by atoms with Crippen molar-refractivity contribution in [1.82, 2.24) is 0 Å². The van der Waals surface area contributed by atoms with Crippen molar-refractivity contribution in [2.75, 3.05) is 6.61 Å². The number of thiophene rings is 1. The summed E-state index contributed by atoms with van der Waals surface area (Å²) in [6, 6.07) is 3.92. The highest BCUT2D eigenvalue weighted by molar-refractivity contribution is 7.19. The van der Waals surface area contributed by atoms with Crippen molar-refractivity contribution in [3.63, 3.8) is 0 Å². The second-order valence-corrected chi connectivity index (χ2v) is 7.27. The Bertz CT molecular complexity index is 667. The van der Waals surface area contributed by atoms with Gasteiger partial charge in [0, 0.05) is 15.1 Å². The molecule has 1 aromatic heterocycles. The van der Waals surface area contributed by atoms with Gasteiger partial charge in [0.1, 0.15) is 0 Å². The number of alkyl halides is 3. The Hall–Kier alpha value is -0.820. The third kappa shape index (κ3) is 4.83. The standard InChI is InChI=1S/C16H20F3NOS.ClH/c1-10-12(4-3-7-15(2,20)9-21)13-6-5-11(16(17,18)19)8-14(13)22-10;/h5-6,8,21H,3-4,7,9,20H2,1-2H3;1H/t15-;/m1./s1. The average molecular weight is 368 g/mol. The number of fused-ring (bicyclic) bond motifs is 1. The summed E-state index contributed by atoms with van der Waals surface area (Å²) in [5.41, 5.74) is 5.77. The third-order valence-electron chi connectivity index (χ3n) is 3.86. The highest BCUT2D eigenvalue weighted by atomic mass is 35.5. The molecule has 3 N–H and O–H groups in total.